The Morgan fingerprint density at radius 1 is 1.43 bits per heavy atom. The molecule has 4 rings (SSSR count). The van der Waals surface area contributed by atoms with E-state index in [1.54, 1.807) is 6.33 Å². The second-order valence-corrected chi connectivity index (χ2v) is 6.86. The summed E-state index contributed by atoms with van der Waals surface area (Å²) < 4.78 is 0. The van der Waals surface area contributed by atoms with Gasteiger partial charge in [0.2, 0.25) is 0 Å². The van der Waals surface area contributed by atoms with E-state index in [-0.39, 0.29) is 6.04 Å². The third-order valence-corrected chi connectivity index (χ3v) is 5.09. The van der Waals surface area contributed by atoms with Crippen LogP contribution in [-0.2, 0) is 6.42 Å². The summed E-state index contributed by atoms with van der Waals surface area (Å²) >= 11 is 1.87. The summed E-state index contributed by atoms with van der Waals surface area (Å²) in [5.74, 6) is 0. The number of hydrogen-bond donors (Lipinski definition) is 1. The van der Waals surface area contributed by atoms with Gasteiger partial charge in [-0.05, 0) is 11.6 Å². The van der Waals surface area contributed by atoms with Gasteiger partial charge in [0.25, 0.3) is 0 Å². The van der Waals surface area contributed by atoms with Crippen molar-refractivity contribution in [3.05, 3.63) is 47.8 Å². The summed E-state index contributed by atoms with van der Waals surface area (Å²) in [6.45, 7) is 4.10. The first-order chi connectivity index (χ1) is 10.3. The van der Waals surface area contributed by atoms with Gasteiger partial charge >= 0.3 is 0 Å². The molecule has 2 aromatic heterocycles. The molecule has 0 bridgehead atoms. The first-order valence-electron chi connectivity index (χ1n) is 7.23. The van der Waals surface area contributed by atoms with Crippen molar-refractivity contribution in [2.45, 2.75) is 24.6 Å². The molecule has 0 aliphatic carbocycles. The maximum atomic E-state index is 4.72. The molecule has 0 spiro atoms. The minimum atomic E-state index is 0.116. The predicted octanol–water partition coefficient (Wildman–Crippen LogP) is 2.24. The summed E-state index contributed by atoms with van der Waals surface area (Å²) in [7, 11) is 0. The summed E-state index contributed by atoms with van der Waals surface area (Å²) in [4.78, 5) is 19.2. The monoisotopic (exact) mass is 299 g/mol. The van der Waals surface area contributed by atoms with E-state index >= 15 is 0 Å². The highest BCUT2D eigenvalue weighted by molar-refractivity contribution is 8.14. The van der Waals surface area contributed by atoms with E-state index in [0.29, 0.717) is 5.25 Å². The fourth-order valence-electron chi connectivity index (χ4n) is 2.98. The number of hydrogen-bond acceptors (Lipinski definition) is 5. The maximum absolute atomic E-state index is 4.72. The van der Waals surface area contributed by atoms with Gasteiger partial charge in [0, 0.05) is 36.3 Å². The Hall–Kier alpha value is -1.82. The van der Waals surface area contributed by atoms with Crippen LogP contribution >= 0.6 is 11.8 Å². The summed E-state index contributed by atoms with van der Waals surface area (Å²) in [6, 6.07) is 4.23. The molecule has 0 amide bonds. The topological polar surface area (TPSA) is 57.2 Å². The minimum Gasteiger partial charge on any atom is -0.348 e. The molecule has 2 unspecified atom stereocenters. The first-order valence-corrected chi connectivity index (χ1v) is 8.10. The Morgan fingerprint density at radius 2 is 2.38 bits per heavy atom. The van der Waals surface area contributed by atoms with Crippen LogP contribution in [0.15, 0.2) is 35.8 Å². The molecule has 1 N–H and O–H groups in total. The summed E-state index contributed by atoms with van der Waals surface area (Å²) in [5, 5.41) is 1.71. The van der Waals surface area contributed by atoms with Crippen LogP contribution in [0.25, 0.3) is 0 Å². The summed E-state index contributed by atoms with van der Waals surface area (Å²) in [6.07, 6.45) is 6.53. The number of H-pyrrole nitrogens is 1. The predicted molar refractivity (Wildman–Crippen MR) is 84.4 cm³/mol. The van der Waals surface area contributed by atoms with E-state index in [0.717, 1.165) is 30.4 Å². The number of aromatic amines is 1. The molecular weight excluding hydrogens is 282 g/mol. The minimum absolute atomic E-state index is 0.116. The number of nitrogens with one attached hydrogen (secondary N) is 1. The molecule has 21 heavy (non-hydrogen) atoms. The Kier molecular flexibility index (Phi) is 3.18. The van der Waals surface area contributed by atoms with Crippen LogP contribution in [0.5, 0.6) is 0 Å². The molecule has 0 radical (unpaired) electrons. The average molecular weight is 299 g/mol. The number of amidine groups is 1. The second kappa shape index (κ2) is 5.18. The van der Waals surface area contributed by atoms with Crippen molar-refractivity contribution in [2.75, 3.05) is 13.1 Å². The molecule has 0 fully saturated rings. The SMILES string of the molecule is CC1CN=C(N2CCc3[nH]cnc3C2c2cccnc2)S1. The van der Waals surface area contributed by atoms with Gasteiger partial charge in [-0.1, -0.05) is 24.8 Å². The zero-order valence-electron chi connectivity index (χ0n) is 11.9. The van der Waals surface area contributed by atoms with Crippen molar-refractivity contribution in [1.29, 1.82) is 0 Å². The van der Waals surface area contributed by atoms with E-state index in [1.165, 1.54) is 11.3 Å². The quantitative estimate of drug-likeness (QED) is 0.877. The highest BCUT2D eigenvalue weighted by Crippen LogP contribution is 2.37. The van der Waals surface area contributed by atoms with Gasteiger partial charge in [0.05, 0.1) is 18.6 Å². The third kappa shape index (κ3) is 2.23. The smallest absolute Gasteiger partial charge is 0.160 e. The molecule has 0 saturated heterocycles. The molecule has 108 valence electrons. The number of aliphatic imine (C=N–C) groups is 1. The fourth-order valence-corrected chi connectivity index (χ4v) is 3.97. The van der Waals surface area contributed by atoms with Crippen molar-refractivity contribution in [1.82, 2.24) is 19.9 Å². The number of rotatable bonds is 1. The fraction of sp³-hybridized carbons (Fsp3) is 0.400. The van der Waals surface area contributed by atoms with Gasteiger partial charge in [-0.25, -0.2) is 4.98 Å². The van der Waals surface area contributed by atoms with Crippen molar-refractivity contribution >= 4 is 16.9 Å². The zero-order valence-corrected chi connectivity index (χ0v) is 12.7. The second-order valence-electron chi connectivity index (χ2n) is 5.45. The Labute approximate surface area is 127 Å². The van der Waals surface area contributed by atoms with Gasteiger partial charge in [-0.2, -0.15) is 0 Å². The Balaban J connectivity index is 1.77. The van der Waals surface area contributed by atoms with Crippen molar-refractivity contribution in [2.24, 2.45) is 4.99 Å². The molecule has 5 nitrogen and oxygen atoms in total. The van der Waals surface area contributed by atoms with Gasteiger partial charge < -0.3 is 9.88 Å². The van der Waals surface area contributed by atoms with Gasteiger partial charge in [-0.3, -0.25) is 9.98 Å². The van der Waals surface area contributed by atoms with Crippen molar-refractivity contribution < 1.29 is 0 Å². The van der Waals surface area contributed by atoms with E-state index in [1.807, 2.05) is 30.2 Å². The molecule has 2 aromatic rings. The molecule has 4 heterocycles. The number of nitrogens with zero attached hydrogens (tertiary/aromatic N) is 4. The van der Waals surface area contributed by atoms with Gasteiger partial charge in [0.1, 0.15) is 6.04 Å². The van der Waals surface area contributed by atoms with Gasteiger partial charge in [-0.15, -0.1) is 0 Å². The molecule has 2 aliphatic rings. The van der Waals surface area contributed by atoms with Crippen LogP contribution in [-0.4, -0.2) is 43.4 Å². The van der Waals surface area contributed by atoms with E-state index in [2.05, 4.69) is 32.8 Å². The Morgan fingerprint density at radius 3 is 3.14 bits per heavy atom. The zero-order chi connectivity index (χ0) is 14.2. The first kappa shape index (κ1) is 12.9. The molecule has 0 saturated carbocycles. The highest BCUT2D eigenvalue weighted by Gasteiger charge is 2.35. The molecule has 2 atom stereocenters. The largest absolute Gasteiger partial charge is 0.348 e. The average Bonchev–Trinajstić information content (AvgIpc) is 3.15. The van der Waals surface area contributed by atoms with E-state index in [9.17, 15) is 0 Å². The van der Waals surface area contributed by atoms with Crippen LogP contribution in [0.2, 0.25) is 0 Å². The van der Waals surface area contributed by atoms with Gasteiger partial charge in [0.15, 0.2) is 5.17 Å². The normalized spacial score (nSPS) is 24.8. The van der Waals surface area contributed by atoms with Crippen molar-refractivity contribution in [3.8, 4) is 0 Å². The standard InChI is InChI=1S/C15H17N5S/c1-10-7-17-15(21-10)20-6-4-12-13(19-9-18-12)14(20)11-3-2-5-16-8-11/h2-3,5,8-10,14H,4,6-7H2,1H3,(H,18,19). The van der Waals surface area contributed by atoms with Crippen LogP contribution in [0.4, 0.5) is 0 Å². The highest BCUT2D eigenvalue weighted by atomic mass is 32.2. The van der Waals surface area contributed by atoms with Crippen LogP contribution in [0.1, 0.15) is 29.9 Å². The lowest BCUT2D eigenvalue weighted by molar-refractivity contribution is 0.337. The number of imidazole rings is 1. The lowest BCUT2D eigenvalue weighted by atomic mass is 9.97. The van der Waals surface area contributed by atoms with Crippen LogP contribution < -0.4 is 0 Å². The third-order valence-electron chi connectivity index (χ3n) is 3.96. The lowest BCUT2D eigenvalue weighted by Crippen LogP contribution is -2.39. The molecule has 6 heteroatoms. The molecular formula is C15H17N5S. The molecule has 0 aromatic carbocycles. The lowest BCUT2D eigenvalue weighted by Gasteiger charge is -2.36. The van der Waals surface area contributed by atoms with E-state index < -0.39 is 0 Å². The van der Waals surface area contributed by atoms with Crippen LogP contribution in [0, 0.1) is 0 Å². The maximum Gasteiger partial charge on any atom is 0.160 e. The number of aromatic nitrogens is 3. The number of thioether (sulfide) groups is 1. The molecule has 2 aliphatic heterocycles. The Bertz CT molecular complexity index is 666. The van der Waals surface area contributed by atoms with E-state index in [4.69, 9.17) is 4.99 Å². The van der Waals surface area contributed by atoms with Crippen LogP contribution in [0.3, 0.4) is 0 Å². The number of pyridine rings is 1. The summed E-state index contributed by atoms with van der Waals surface area (Å²) in [5.41, 5.74) is 3.52. The number of fused-ring (bicyclic) bond motifs is 1. The van der Waals surface area contributed by atoms with Crippen molar-refractivity contribution in [3.63, 3.8) is 0 Å².